The second-order valence-corrected chi connectivity index (χ2v) is 4.97. The van der Waals surface area contributed by atoms with Crippen LogP contribution in [0.4, 0.5) is 0 Å². The van der Waals surface area contributed by atoms with Gasteiger partial charge >= 0.3 is 0 Å². The Kier molecular flexibility index (Phi) is 6.66. The Labute approximate surface area is 103 Å². The molecule has 0 bridgehead atoms. The van der Waals surface area contributed by atoms with Gasteiger partial charge in [-0.25, -0.2) is 0 Å². The molecule has 0 amide bonds. The lowest BCUT2D eigenvalue weighted by Gasteiger charge is -2.28. The van der Waals surface area contributed by atoms with Crippen molar-refractivity contribution in [1.29, 1.82) is 0 Å². The summed E-state index contributed by atoms with van der Waals surface area (Å²) < 4.78 is 0. The Balaban J connectivity index is 2.01. The number of likely N-dealkylation sites (tertiary alicyclic amines) is 1. The van der Waals surface area contributed by atoms with Gasteiger partial charge in [-0.1, -0.05) is 23.2 Å². The predicted molar refractivity (Wildman–Crippen MR) is 67.5 cm³/mol. The van der Waals surface area contributed by atoms with E-state index in [0.29, 0.717) is 11.6 Å². The average molecular weight is 251 g/mol. The maximum Gasteiger partial charge on any atom is 0.0431 e. The van der Waals surface area contributed by atoms with Gasteiger partial charge in [0.2, 0.25) is 0 Å². The molecule has 0 aromatic heterocycles. The number of piperidine rings is 1. The molecule has 0 atom stereocenters. The zero-order chi connectivity index (χ0) is 11.1. The van der Waals surface area contributed by atoms with Gasteiger partial charge in [-0.15, -0.1) is 0 Å². The van der Waals surface area contributed by atoms with E-state index in [2.05, 4.69) is 17.3 Å². The third-order valence-electron chi connectivity index (χ3n) is 2.98. The summed E-state index contributed by atoms with van der Waals surface area (Å²) in [6, 6.07) is 0. The first-order chi connectivity index (χ1) is 7.22. The molecule has 1 fully saturated rings. The summed E-state index contributed by atoms with van der Waals surface area (Å²) in [5, 5.41) is 3.98. The minimum Gasteiger partial charge on any atom is -0.312 e. The molecule has 1 aliphatic rings. The molecule has 1 N–H and O–H groups in total. The monoisotopic (exact) mass is 250 g/mol. The van der Waals surface area contributed by atoms with E-state index in [1.807, 2.05) is 0 Å². The molecular weight excluding hydrogens is 231 g/mol. The fraction of sp³-hybridized carbons (Fsp3) is 0.818. The SMILES string of the molecule is CN1CCC(CCNCC(Cl)=CCl)CC1. The molecule has 0 aromatic carbocycles. The minimum atomic E-state index is 0.681. The fourth-order valence-electron chi connectivity index (χ4n) is 1.90. The molecular formula is C11H20Cl2N2. The number of hydrogen-bond acceptors (Lipinski definition) is 2. The van der Waals surface area contributed by atoms with E-state index in [1.165, 1.54) is 37.9 Å². The maximum atomic E-state index is 5.77. The lowest BCUT2D eigenvalue weighted by atomic mass is 9.94. The van der Waals surface area contributed by atoms with Crippen LogP contribution in [0.1, 0.15) is 19.3 Å². The van der Waals surface area contributed by atoms with Gasteiger partial charge in [0.25, 0.3) is 0 Å². The van der Waals surface area contributed by atoms with Crippen LogP contribution in [-0.2, 0) is 0 Å². The summed E-state index contributed by atoms with van der Waals surface area (Å²) in [4.78, 5) is 2.40. The van der Waals surface area contributed by atoms with E-state index in [9.17, 15) is 0 Å². The molecule has 0 spiro atoms. The fourth-order valence-corrected chi connectivity index (χ4v) is 2.07. The Hall–Kier alpha value is 0.240. The summed E-state index contributed by atoms with van der Waals surface area (Å²) in [6.07, 6.45) is 3.91. The van der Waals surface area contributed by atoms with E-state index in [4.69, 9.17) is 23.2 Å². The summed E-state index contributed by atoms with van der Waals surface area (Å²) in [5.41, 5.74) is 1.42. The topological polar surface area (TPSA) is 15.3 Å². The molecule has 0 aromatic rings. The highest BCUT2D eigenvalue weighted by molar-refractivity contribution is 6.36. The lowest BCUT2D eigenvalue weighted by molar-refractivity contribution is 0.212. The molecule has 0 unspecified atom stereocenters. The van der Waals surface area contributed by atoms with Crippen molar-refractivity contribution >= 4 is 23.2 Å². The van der Waals surface area contributed by atoms with Crippen LogP contribution in [0.15, 0.2) is 10.6 Å². The number of halogens is 2. The van der Waals surface area contributed by atoms with E-state index >= 15 is 0 Å². The van der Waals surface area contributed by atoms with Gasteiger partial charge in [-0.3, -0.25) is 0 Å². The molecule has 0 radical (unpaired) electrons. The molecule has 1 heterocycles. The van der Waals surface area contributed by atoms with Crippen molar-refractivity contribution in [1.82, 2.24) is 10.2 Å². The number of nitrogens with zero attached hydrogens (tertiary/aromatic N) is 1. The first kappa shape index (κ1) is 13.3. The first-order valence-electron chi connectivity index (χ1n) is 5.56. The van der Waals surface area contributed by atoms with Crippen LogP contribution in [0, 0.1) is 5.92 Å². The maximum absolute atomic E-state index is 5.77. The molecule has 1 aliphatic heterocycles. The van der Waals surface area contributed by atoms with Gasteiger partial charge in [0, 0.05) is 17.1 Å². The highest BCUT2D eigenvalue weighted by Gasteiger charge is 2.15. The van der Waals surface area contributed by atoms with E-state index < -0.39 is 0 Å². The van der Waals surface area contributed by atoms with Crippen molar-refractivity contribution in [2.75, 3.05) is 33.2 Å². The Morgan fingerprint density at radius 1 is 1.47 bits per heavy atom. The number of nitrogens with one attached hydrogen (secondary N) is 1. The predicted octanol–water partition coefficient (Wildman–Crippen LogP) is 2.63. The Bertz CT molecular complexity index is 199. The molecule has 1 saturated heterocycles. The average Bonchev–Trinajstić information content (AvgIpc) is 2.26. The Morgan fingerprint density at radius 3 is 2.73 bits per heavy atom. The third kappa shape index (κ3) is 5.76. The lowest BCUT2D eigenvalue weighted by Crippen LogP contribution is -2.31. The summed E-state index contributed by atoms with van der Waals surface area (Å²) >= 11 is 11.2. The molecule has 0 aliphatic carbocycles. The molecule has 88 valence electrons. The second kappa shape index (κ2) is 7.50. The first-order valence-corrected chi connectivity index (χ1v) is 6.38. The highest BCUT2D eigenvalue weighted by atomic mass is 35.5. The normalized spacial score (nSPS) is 20.9. The zero-order valence-corrected chi connectivity index (χ0v) is 10.8. The van der Waals surface area contributed by atoms with Crippen LogP contribution in [0.3, 0.4) is 0 Å². The Morgan fingerprint density at radius 2 is 2.13 bits per heavy atom. The van der Waals surface area contributed by atoms with Crippen LogP contribution in [0.5, 0.6) is 0 Å². The van der Waals surface area contributed by atoms with Crippen molar-refractivity contribution in [3.8, 4) is 0 Å². The van der Waals surface area contributed by atoms with Crippen molar-refractivity contribution in [2.45, 2.75) is 19.3 Å². The van der Waals surface area contributed by atoms with E-state index in [-0.39, 0.29) is 0 Å². The molecule has 15 heavy (non-hydrogen) atoms. The standard InChI is InChI=1S/C11H20Cl2N2/c1-15-6-3-10(4-7-15)2-5-14-9-11(13)8-12/h8,10,14H,2-7,9H2,1H3. The largest absolute Gasteiger partial charge is 0.312 e. The van der Waals surface area contributed by atoms with E-state index in [0.717, 1.165) is 12.5 Å². The molecule has 1 rings (SSSR count). The summed E-state index contributed by atoms with van der Waals surface area (Å²) in [5.74, 6) is 0.882. The van der Waals surface area contributed by atoms with Gasteiger partial charge in [0.15, 0.2) is 0 Å². The van der Waals surface area contributed by atoms with Gasteiger partial charge in [0.05, 0.1) is 0 Å². The molecule has 4 heteroatoms. The van der Waals surface area contributed by atoms with Gasteiger partial charge in [-0.2, -0.15) is 0 Å². The van der Waals surface area contributed by atoms with Gasteiger partial charge in [-0.05, 0) is 51.9 Å². The minimum absolute atomic E-state index is 0.681. The van der Waals surface area contributed by atoms with Crippen molar-refractivity contribution < 1.29 is 0 Å². The van der Waals surface area contributed by atoms with Crippen molar-refractivity contribution in [3.05, 3.63) is 10.6 Å². The summed E-state index contributed by atoms with van der Waals surface area (Å²) in [7, 11) is 2.19. The van der Waals surface area contributed by atoms with Gasteiger partial charge in [0.1, 0.15) is 0 Å². The highest BCUT2D eigenvalue weighted by Crippen LogP contribution is 2.18. The number of rotatable bonds is 5. The second-order valence-electron chi connectivity index (χ2n) is 4.27. The van der Waals surface area contributed by atoms with E-state index in [1.54, 1.807) is 0 Å². The smallest absolute Gasteiger partial charge is 0.0431 e. The van der Waals surface area contributed by atoms with Crippen LogP contribution >= 0.6 is 23.2 Å². The summed E-state index contributed by atoms with van der Waals surface area (Å²) in [6.45, 7) is 4.22. The van der Waals surface area contributed by atoms with Crippen LogP contribution in [0.25, 0.3) is 0 Å². The van der Waals surface area contributed by atoms with Crippen molar-refractivity contribution in [3.63, 3.8) is 0 Å². The van der Waals surface area contributed by atoms with Crippen LogP contribution < -0.4 is 5.32 Å². The molecule has 2 nitrogen and oxygen atoms in total. The zero-order valence-electron chi connectivity index (χ0n) is 9.31. The number of hydrogen-bond donors (Lipinski definition) is 1. The van der Waals surface area contributed by atoms with Gasteiger partial charge < -0.3 is 10.2 Å². The third-order valence-corrected chi connectivity index (χ3v) is 3.60. The quantitative estimate of drug-likeness (QED) is 0.755. The molecule has 0 saturated carbocycles. The van der Waals surface area contributed by atoms with Crippen molar-refractivity contribution in [2.24, 2.45) is 5.92 Å². The van der Waals surface area contributed by atoms with Crippen LogP contribution in [-0.4, -0.2) is 38.1 Å². The van der Waals surface area contributed by atoms with Crippen LogP contribution in [0.2, 0.25) is 0 Å².